The van der Waals surface area contributed by atoms with E-state index in [0.717, 1.165) is 4.48 Å². The average molecular weight is 350 g/mol. The molecule has 0 aromatic carbocycles. The molecule has 4 heteroatoms. The monoisotopic (exact) mass is 349 g/mol. The molecule has 0 amide bonds. The molecule has 2 unspecified atom stereocenters. The Kier molecular flexibility index (Phi) is 3.16. The average Bonchev–Trinajstić information content (AvgIpc) is 1.97. The number of allylic oxidation sites excluding steroid dienone is 4. The number of rotatable bonds is 1. The molecule has 0 heterocycles. The molecular formula is C7H7BrClIO. The second kappa shape index (κ2) is 4.14. The summed E-state index contributed by atoms with van der Waals surface area (Å²) >= 11 is 11.2. The Morgan fingerprint density at radius 3 is 3.09 bits per heavy atom. The largest absolute Gasteiger partial charge is 0.500 e. The zero-order chi connectivity index (χ0) is 9.35. The quantitative estimate of drug-likeness (QED) is 0.521. The number of halogens is 3. The lowest BCUT2D eigenvalue weighted by molar-refractivity contribution is 0.283. The third-order valence-corrected chi connectivity index (χ3v) is 3.68. The van der Waals surface area contributed by atoms with Gasteiger partial charge in [0, 0.05) is 4.48 Å². The maximum absolute atomic E-state index is 7.88. The Morgan fingerprint density at radius 1 is 1.91 bits per heavy atom. The van der Waals surface area contributed by atoms with Crippen LogP contribution in [0.1, 0.15) is 1.37 Å². The van der Waals surface area contributed by atoms with E-state index in [0.29, 0.717) is 5.76 Å². The van der Waals surface area contributed by atoms with Crippen LogP contribution in [0, 0.1) is 0 Å². The third kappa shape index (κ3) is 2.36. The van der Waals surface area contributed by atoms with Crippen molar-refractivity contribution >= 4 is 50.1 Å². The van der Waals surface area contributed by atoms with Gasteiger partial charge in [0.2, 0.25) is 0 Å². The fourth-order valence-corrected chi connectivity index (χ4v) is 2.17. The highest BCUT2D eigenvalue weighted by atomic mass is 127. The van der Waals surface area contributed by atoms with Gasteiger partial charge in [-0.3, -0.25) is 0 Å². The lowest BCUT2D eigenvalue weighted by Gasteiger charge is -2.20. The Labute approximate surface area is 94.5 Å². The number of methoxy groups -OCH3 is 1. The highest BCUT2D eigenvalue weighted by Crippen LogP contribution is 2.30. The minimum absolute atomic E-state index is 0.368. The third-order valence-electron chi connectivity index (χ3n) is 1.27. The second-order valence-corrected chi connectivity index (χ2v) is 4.56. The van der Waals surface area contributed by atoms with Crippen molar-refractivity contribution in [1.82, 2.24) is 0 Å². The number of ether oxygens (including phenoxy) is 1. The van der Waals surface area contributed by atoms with Crippen LogP contribution in [0.5, 0.6) is 0 Å². The summed E-state index contributed by atoms with van der Waals surface area (Å²) in [6.07, 6.45) is 3.54. The highest BCUT2D eigenvalue weighted by Gasteiger charge is 2.23. The molecule has 1 aliphatic rings. The maximum atomic E-state index is 7.88. The van der Waals surface area contributed by atoms with Gasteiger partial charge in [-0.05, 0) is 6.08 Å². The molecule has 0 spiro atoms. The summed E-state index contributed by atoms with van der Waals surface area (Å²) in [5.74, 6) is 0.567. The number of alkyl halides is 2. The van der Waals surface area contributed by atoms with Crippen molar-refractivity contribution in [2.75, 3.05) is 7.11 Å². The van der Waals surface area contributed by atoms with E-state index < -0.39 is 3.90 Å². The molecule has 0 fully saturated rings. The van der Waals surface area contributed by atoms with Crippen molar-refractivity contribution in [1.29, 1.82) is 0 Å². The van der Waals surface area contributed by atoms with Crippen LogP contribution >= 0.6 is 50.1 Å². The van der Waals surface area contributed by atoms with Crippen molar-refractivity contribution in [2.45, 2.75) is 9.28 Å². The van der Waals surface area contributed by atoms with Crippen LogP contribution in [0.4, 0.5) is 0 Å². The van der Waals surface area contributed by atoms with Crippen molar-refractivity contribution < 1.29 is 6.11 Å². The summed E-state index contributed by atoms with van der Waals surface area (Å²) in [6.45, 7) is 0. The first-order valence-corrected chi connectivity index (χ1v) is 5.25. The molecule has 0 aromatic heterocycles. The number of hydrogen-bond acceptors (Lipinski definition) is 1. The molecule has 1 nitrogen and oxygen atoms in total. The topological polar surface area (TPSA) is 9.23 Å². The molecule has 0 N–H and O–H groups in total. The first-order chi connectivity index (χ1) is 5.48. The molecule has 1 rings (SSSR count). The van der Waals surface area contributed by atoms with E-state index in [9.17, 15) is 0 Å². The SMILES string of the molecule is [2H]C1(I)C(OC)=CC(Br)=CC1Cl. The van der Waals surface area contributed by atoms with E-state index in [1.807, 2.05) is 22.6 Å². The van der Waals surface area contributed by atoms with E-state index >= 15 is 0 Å². The van der Waals surface area contributed by atoms with Crippen LogP contribution < -0.4 is 0 Å². The summed E-state index contributed by atoms with van der Waals surface area (Å²) < 4.78 is 12.9. The van der Waals surface area contributed by atoms with E-state index in [1.54, 1.807) is 19.3 Å². The molecule has 0 aliphatic heterocycles. The Balaban J connectivity index is 3.02. The van der Waals surface area contributed by atoms with Gasteiger partial charge in [-0.15, -0.1) is 11.6 Å². The molecule has 0 saturated heterocycles. The molecule has 11 heavy (non-hydrogen) atoms. The molecule has 62 valence electrons. The van der Waals surface area contributed by atoms with E-state index in [4.69, 9.17) is 17.7 Å². The first-order valence-electron chi connectivity index (χ1n) is 3.45. The normalized spacial score (nSPS) is 38.9. The minimum atomic E-state index is -0.897. The van der Waals surface area contributed by atoms with Gasteiger partial charge < -0.3 is 4.74 Å². The van der Waals surface area contributed by atoms with Crippen LogP contribution in [-0.2, 0) is 4.74 Å². The van der Waals surface area contributed by atoms with Crippen molar-refractivity contribution in [3.63, 3.8) is 0 Å². The molecule has 1 aliphatic carbocycles. The van der Waals surface area contributed by atoms with Crippen LogP contribution in [-0.4, -0.2) is 16.4 Å². The summed E-state index contributed by atoms with van der Waals surface area (Å²) in [4.78, 5) is 0. The number of hydrogen-bond donors (Lipinski definition) is 0. The highest BCUT2D eigenvalue weighted by molar-refractivity contribution is 14.1. The van der Waals surface area contributed by atoms with Crippen LogP contribution in [0.3, 0.4) is 0 Å². The minimum Gasteiger partial charge on any atom is -0.500 e. The molecule has 2 atom stereocenters. The van der Waals surface area contributed by atoms with E-state index in [-0.39, 0.29) is 5.38 Å². The molecule has 0 radical (unpaired) electrons. The Bertz CT molecular complexity index is 252. The predicted molar refractivity (Wildman–Crippen MR) is 59.6 cm³/mol. The van der Waals surface area contributed by atoms with Gasteiger partial charge in [0.15, 0.2) is 0 Å². The summed E-state index contributed by atoms with van der Waals surface area (Å²) in [5, 5.41) is -0.368. The van der Waals surface area contributed by atoms with Crippen LogP contribution in [0.15, 0.2) is 22.4 Å². The van der Waals surface area contributed by atoms with Gasteiger partial charge in [0.25, 0.3) is 0 Å². The van der Waals surface area contributed by atoms with Crippen molar-refractivity contribution in [2.24, 2.45) is 0 Å². The summed E-state index contributed by atoms with van der Waals surface area (Å²) in [6, 6.07) is 0. The maximum Gasteiger partial charge on any atom is 0.111 e. The van der Waals surface area contributed by atoms with Gasteiger partial charge >= 0.3 is 0 Å². The lowest BCUT2D eigenvalue weighted by Crippen LogP contribution is -2.19. The fraction of sp³-hybridized carbons (Fsp3) is 0.429. The molecule has 0 saturated carbocycles. The Morgan fingerprint density at radius 2 is 2.55 bits per heavy atom. The fourth-order valence-electron chi connectivity index (χ4n) is 0.748. The molecule has 0 bridgehead atoms. The zero-order valence-corrected chi connectivity index (χ0v) is 10.3. The van der Waals surface area contributed by atoms with Gasteiger partial charge in [-0.2, -0.15) is 0 Å². The van der Waals surface area contributed by atoms with Gasteiger partial charge in [0.1, 0.15) is 5.76 Å². The Hall–Kier alpha value is 0.780. The van der Waals surface area contributed by atoms with E-state index in [2.05, 4.69) is 15.9 Å². The molecule has 0 aromatic rings. The first kappa shape index (κ1) is 8.38. The van der Waals surface area contributed by atoms with Gasteiger partial charge in [0.05, 0.1) is 17.8 Å². The standard InChI is InChI=1S/C7H7BrClIO/c1-11-6-3-4(8)2-5(9)7(6)10/h2-3,5,7H,1H3/i7D. The van der Waals surface area contributed by atoms with Crippen LogP contribution in [0.2, 0.25) is 0 Å². The van der Waals surface area contributed by atoms with Crippen LogP contribution in [0.25, 0.3) is 0 Å². The summed E-state index contributed by atoms with van der Waals surface area (Å²) in [5.41, 5.74) is 0. The molecular weight excluding hydrogens is 342 g/mol. The van der Waals surface area contributed by atoms with Gasteiger partial charge in [-0.25, -0.2) is 0 Å². The van der Waals surface area contributed by atoms with Crippen molar-refractivity contribution in [3.05, 3.63) is 22.4 Å². The van der Waals surface area contributed by atoms with E-state index in [1.165, 1.54) is 0 Å². The predicted octanol–water partition coefficient (Wildman–Crippen LogP) is 3.22. The van der Waals surface area contributed by atoms with Crippen molar-refractivity contribution in [3.8, 4) is 0 Å². The zero-order valence-electron chi connectivity index (χ0n) is 6.77. The smallest absolute Gasteiger partial charge is 0.111 e. The lowest BCUT2D eigenvalue weighted by atomic mass is 10.1. The van der Waals surface area contributed by atoms with Gasteiger partial charge in [-0.1, -0.05) is 44.6 Å². The summed E-state index contributed by atoms with van der Waals surface area (Å²) in [7, 11) is 1.54. The second-order valence-electron chi connectivity index (χ2n) is 2.01.